The van der Waals surface area contributed by atoms with Crippen molar-refractivity contribution in [2.75, 3.05) is 0 Å². The van der Waals surface area contributed by atoms with E-state index in [1.807, 2.05) is 0 Å². The Labute approximate surface area is 134 Å². The largest absolute Gasteiger partial charge is 0.310 e. The fourth-order valence-electron chi connectivity index (χ4n) is 3.14. The molecule has 1 N–H and O–H groups in total. The van der Waals surface area contributed by atoms with E-state index in [9.17, 15) is 4.79 Å². The molecule has 2 heterocycles. The minimum atomic E-state index is -0.136. The number of rotatable bonds is 2. The van der Waals surface area contributed by atoms with Crippen LogP contribution in [-0.2, 0) is 19.3 Å². The van der Waals surface area contributed by atoms with E-state index in [1.165, 1.54) is 17.5 Å². The smallest absolute Gasteiger partial charge is 0.277 e. The minimum absolute atomic E-state index is 0.136. The fraction of sp³-hybridized carbons (Fsp3) is 0.267. The van der Waals surface area contributed by atoms with E-state index in [2.05, 4.69) is 61.9 Å². The summed E-state index contributed by atoms with van der Waals surface area (Å²) >= 11 is 2.10. The van der Waals surface area contributed by atoms with Gasteiger partial charge in [0.1, 0.15) is 15.9 Å². The molecule has 0 unspecified atom stereocenters. The number of benzene rings is 1. The first-order valence-corrected chi connectivity index (χ1v) is 7.98. The first-order chi connectivity index (χ1) is 10.2. The van der Waals surface area contributed by atoms with Gasteiger partial charge in [-0.2, -0.15) is 5.10 Å². The Hall–Kier alpha value is -1.70. The molecule has 0 spiro atoms. The van der Waals surface area contributed by atoms with Gasteiger partial charge in [0.2, 0.25) is 0 Å². The summed E-state index contributed by atoms with van der Waals surface area (Å²) < 4.78 is 2.40. The Morgan fingerprint density at radius 1 is 1.29 bits per heavy atom. The predicted octanol–water partition coefficient (Wildman–Crippen LogP) is 1.98. The Bertz CT molecular complexity index is 858. The van der Waals surface area contributed by atoms with Crippen molar-refractivity contribution < 1.29 is 0 Å². The van der Waals surface area contributed by atoms with E-state index in [4.69, 9.17) is 0 Å². The van der Waals surface area contributed by atoms with Gasteiger partial charge in [0.05, 0.1) is 0 Å². The molecule has 3 aromatic rings. The molecule has 0 fully saturated rings. The average Bonchev–Trinajstić information content (AvgIpc) is 3.01. The number of aromatic amines is 1. The molecule has 0 atom stereocenters. The zero-order chi connectivity index (χ0) is 14.4. The van der Waals surface area contributed by atoms with Gasteiger partial charge < -0.3 is 4.98 Å². The third-order valence-corrected chi connectivity index (χ3v) is 4.82. The van der Waals surface area contributed by atoms with Crippen LogP contribution in [0.5, 0.6) is 0 Å². The first-order valence-electron chi connectivity index (χ1n) is 6.90. The number of hydrogen-bond acceptors (Lipinski definition) is 3. The van der Waals surface area contributed by atoms with Crippen LogP contribution in [0.25, 0.3) is 5.52 Å². The zero-order valence-electron chi connectivity index (χ0n) is 11.2. The van der Waals surface area contributed by atoms with Crippen molar-refractivity contribution in [1.29, 1.82) is 0 Å². The SMILES string of the molecule is O=c1[nH]cnn2c(CC3Cc4ccccc4C3)nc(I)c12. The Morgan fingerprint density at radius 2 is 2.00 bits per heavy atom. The van der Waals surface area contributed by atoms with Gasteiger partial charge in [-0.15, -0.1) is 0 Å². The summed E-state index contributed by atoms with van der Waals surface area (Å²) in [4.78, 5) is 19.0. The maximum Gasteiger partial charge on any atom is 0.277 e. The Kier molecular flexibility index (Phi) is 3.06. The van der Waals surface area contributed by atoms with Crippen LogP contribution in [0, 0.1) is 9.62 Å². The minimum Gasteiger partial charge on any atom is -0.310 e. The van der Waals surface area contributed by atoms with Crippen LogP contribution in [0.3, 0.4) is 0 Å². The van der Waals surface area contributed by atoms with Crippen molar-refractivity contribution in [1.82, 2.24) is 19.6 Å². The highest BCUT2D eigenvalue weighted by atomic mass is 127. The Balaban J connectivity index is 1.68. The molecule has 5 nitrogen and oxygen atoms in total. The predicted molar refractivity (Wildman–Crippen MR) is 87.4 cm³/mol. The summed E-state index contributed by atoms with van der Waals surface area (Å²) in [6.45, 7) is 0. The second kappa shape index (κ2) is 4.94. The van der Waals surface area contributed by atoms with Crippen LogP contribution in [-0.4, -0.2) is 19.6 Å². The number of hydrogen-bond donors (Lipinski definition) is 1. The monoisotopic (exact) mass is 392 g/mol. The van der Waals surface area contributed by atoms with Crippen molar-refractivity contribution in [3.05, 3.63) is 61.6 Å². The van der Waals surface area contributed by atoms with Gasteiger partial charge in [0.15, 0.2) is 5.52 Å². The topological polar surface area (TPSA) is 63.0 Å². The maximum atomic E-state index is 11.9. The molecule has 1 aliphatic rings. The van der Waals surface area contributed by atoms with E-state index >= 15 is 0 Å². The lowest BCUT2D eigenvalue weighted by Crippen LogP contribution is -2.14. The molecule has 1 aromatic carbocycles. The summed E-state index contributed by atoms with van der Waals surface area (Å²) in [5.74, 6) is 1.41. The number of halogens is 1. The van der Waals surface area contributed by atoms with Crippen LogP contribution in [0.4, 0.5) is 0 Å². The number of nitrogens with zero attached hydrogens (tertiary/aromatic N) is 3. The summed E-state index contributed by atoms with van der Waals surface area (Å²) in [5.41, 5.74) is 3.28. The van der Waals surface area contributed by atoms with Crippen molar-refractivity contribution in [2.24, 2.45) is 5.92 Å². The van der Waals surface area contributed by atoms with E-state index in [-0.39, 0.29) is 5.56 Å². The normalized spacial score (nSPS) is 14.7. The van der Waals surface area contributed by atoms with Crippen molar-refractivity contribution in [2.45, 2.75) is 19.3 Å². The number of nitrogens with one attached hydrogen (secondary N) is 1. The summed E-state index contributed by atoms with van der Waals surface area (Å²) in [6, 6.07) is 8.59. The molecular weight excluding hydrogens is 379 g/mol. The molecule has 0 saturated heterocycles. The lowest BCUT2D eigenvalue weighted by atomic mass is 10.0. The van der Waals surface area contributed by atoms with Gasteiger partial charge in [0.25, 0.3) is 5.56 Å². The number of H-pyrrole nitrogens is 1. The van der Waals surface area contributed by atoms with E-state index in [1.54, 1.807) is 4.52 Å². The number of aromatic nitrogens is 4. The first kappa shape index (κ1) is 13.0. The van der Waals surface area contributed by atoms with Crippen molar-refractivity contribution in [3.63, 3.8) is 0 Å². The summed E-state index contributed by atoms with van der Waals surface area (Å²) in [5, 5.41) is 4.25. The molecule has 0 saturated carbocycles. The second-order valence-electron chi connectivity index (χ2n) is 5.44. The lowest BCUT2D eigenvalue weighted by Gasteiger charge is -2.06. The van der Waals surface area contributed by atoms with Gasteiger partial charge in [-0.1, -0.05) is 24.3 Å². The Morgan fingerprint density at radius 3 is 2.71 bits per heavy atom. The highest BCUT2D eigenvalue weighted by Crippen LogP contribution is 2.28. The molecule has 21 heavy (non-hydrogen) atoms. The molecule has 0 amide bonds. The van der Waals surface area contributed by atoms with Gasteiger partial charge in [-0.25, -0.2) is 9.50 Å². The third-order valence-electron chi connectivity index (χ3n) is 4.07. The molecule has 2 aromatic heterocycles. The fourth-order valence-corrected chi connectivity index (χ4v) is 3.89. The highest BCUT2D eigenvalue weighted by molar-refractivity contribution is 14.1. The molecule has 6 heteroatoms. The molecule has 1 aliphatic carbocycles. The third kappa shape index (κ3) is 2.17. The van der Waals surface area contributed by atoms with Gasteiger partial charge >= 0.3 is 0 Å². The van der Waals surface area contributed by atoms with E-state index < -0.39 is 0 Å². The number of fused-ring (bicyclic) bond motifs is 2. The van der Waals surface area contributed by atoms with Crippen LogP contribution in [0.2, 0.25) is 0 Å². The molecule has 106 valence electrons. The van der Waals surface area contributed by atoms with Crippen LogP contribution in [0.15, 0.2) is 35.4 Å². The number of imidazole rings is 1. The quantitative estimate of drug-likeness (QED) is 0.679. The average molecular weight is 392 g/mol. The van der Waals surface area contributed by atoms with E-state index in [0.29, 0.717) is 15.1 Å². The summed E-state index contributed by atoms with van der Waals surface area (Å²) in [7, 11) is 0. The zero-order valence-corrected chi connectivity index (χ0v) is 13.4. The van der Waals surface area contributed by atoms with Gasteiger partial charge in [-0.3, -0.25) is 4.79 Å². The molecule has 0 radical (unpaired) electrons. The van der Waals surface area contributed by atoms with Crippen molar-refractivity contribution in [3.8, 4) is 0 Å². The van der Waals surface area contributed by atoms with Gasteiger partial charge in [-0.05, 0) is 52.5 Å². The lowest BCUT2D eigenvalue weighted by molar-refractivity contribution is 0.534. The van der Waals surface area contributed by atoms with Crippen LogP contribution < -0.4 is 5.56 Å². The molecule has 0 aliphatic heterocycles. The standard InChI is InChI=1S/C15H13IN4O/c16-14-13-15(21)17-8-18-20(13)12(19-14)7-9-5-10-3-1-2-4-11(10)6-9/h1-4,8-9H,5-7H2,(H,17,18,21). The van der Waals surface area contributed by atoms with Crippen molar-refractivity contribution >= 4 is 28.1 Å². The molecular formula is C15H13IN4O. The summed E-state index contributed by atoms with van der Waals surface area (Å²) in [6.07, 6.45) is 4.42. The van der Waals surface area contributed by atoms with E-state index in [0.717, 1.165) is 25.1 Å². The maximum absolute atomic E-state index is 11.9. The van der Waals surface area contributed by atoms with Crippen LogP contribution in [0.1, 0.15) is 17.0 Å². The second-order valence-corrected chi connectivity index (χ2v) is 6.47. The molecule has 0 bridgehead atoms. The highest BCUT2D eigenvalue weighted by Gasteiger charge is 2.24. The molecule has 4 rings (SSSR count). The van der Waals surface area contributed by atoms with Crippen LogP contribution >= 0.6 is 22.6 Å². The van der Waals surface area contributed by atoms with Gasteiger partial charge in [0, 0.05) is 6.42 Å².